The smallest absolute Gasteiger partial charge is 0.123 e. The van der Waals surface area contributed by atoms with Gasteiger partial charge in [0.05, 0.1) is 0 Å². The Labute approximate surface area is 84.3 Å². The van der Waals surface area contributed by atoms with Crippen molar-refractivity contribution in [2.24, 2.45) is 0 Å². The lowest BCUT2D eigenvalue weighted by molar-refractivity contribution is 0.426. The van der Waals surface area contributed by atoms with Gasteiger partial charge >= 0.3 is 0 Å². The second-order valence-corrected chi connectivity index (χ2v) is 4.35. The zero-order chi connectivity index (χ0) is 10.2. The quantitative estimate of drug-likeness (QED) is 0.722. The maximum atomic E-state index is 12.8. The van der Waals surface area contributed by atoms with E-state index in [1.54, 1.807) is 12.1 Å². The van der Waals surface area contributed by atoms with Crippen LogP contribution in [-0.4, -0.2) is 12.6 Å². The molecule has 1 aromatic rings. The van der Waals surface area contributed by atoms with Gasteiger partial charge in [0.25, 0.3) is 0 Å². The van der Waals surface area contributed by atoms with Crippen LogP contribution in [-0.2, 0) is 5.41 Å². The summed E-state index contributed by atoms with van der Waals surface area (Å²) in [5.74, 6) is -0.157. The van der Waals surface area contributed by atoms with Gasteiger partial charge in [0.15, 0.2) is 0 Å². The molecule has 14 heavy (non-hydrogen) atoms. The van der Waals surface area contributed by atoms with E-state index in [9.17, 15) is 4.39 Å². The molecule has 0 radical (unpaired) electrons. The van der Waals surface area contributed by atoms with Crippen LogP contribution in [0.5, 0.6) is 0 Å². The second-order valence-electron chi connectivity index (χ2n) is 4.35. The van der Waals surface area contributed by atoms with Gasteiger partial charge in [-0.2, -0.15) is 0 Å². The molecule has 1 nitrogen and oxygen atoms in total. The van der Waals surface area contributed by atoms with Crippen molar-refractivity contribution in [2.45, 2.75) is 31.7 Å². The Morgan fingerprint density at radius 3 is 2.50 bits per heavy atom. The van der Waals surface area contributed by atoms with Crippen LogP contribution < -0.4 is 5.32 Å². The monoisotopic (exact) mass is 193 g/mol. The molecule has 2 atom stereocenters. The van der Waals surface area contributed by atoms with Crippen LogP contribution in [0.15, 0.2) is 24.3 Å². The summed E-state index contributed by atoms with van der Waals surface area (Å²) in [4.78, 5) is 0. The van der Waals surface area contributed by atoms with Gasteiger partial charge in [-0.15, -0.1) is 0 Å². The number of hydrogen-bond donors (Lipinski definition) is 1. The number of benzene rings is 1. The number of halogens is 1. The molecule has 2 rings (SSSR count). The van der Waals surface area contributed by atoms with Crippen LogP contribution in [0, 0.1) is 5.82 Å². The highest BCUT2D eigenvalue weighted by atomic mass is 19.1. The van der Waals surface area contributed by atoms with Gasteiger partial charge in [0.1, 0.15) is 5.82 Å². The molecule has 1 aliphatic rings. The summed E-state index contributed by atoms with van der Waals surface area (Å²) in [5, 5.41) is 3.43. The first-order chi connectivity index (χ1) is 6.63. The van der Waals surface area contributed by atoms with Crippen LogP contribution in [0.1, 0.15) is 25.8 Å². The molecule has 2 unspecified atom stereocenters. The number of rotatable bonds is 1. The lowest BCUT2D eigenvalue weighted by Crippen LogP contribution is -2.35. The standard InChI is InChI=1S/C12H16FN/c1-9-12(2,7-8-14-9)10-3-5-11(13)6-4-10/h3-6,9,14H,7-8H2,1-2H3. The van der Waals surface area contributed by atoms with Gasteiger partial charge in [-0.05, 0) is 37.6 Å². The van der Waals surface area contributed by atoms with Crippen molar-refractivity contribution < 1.29 is 4.39 Å². The Hall–Kier alpha value is -0.890. The van der Waals surface area contributed by atoms with Crippen LogP contribution in [0.4, 0.5) is 4.39 Å². The fraction of sp³-hybridized carbons (Fsp3) is 0.500. The lowest BCUT2D eigenvalue weighted by atomic mass is 9.77. The zero-order valence-corrected chi connectivity index (χ0v) is 8.68. The van der Waals surface area contributed by atoms with Crippen LogP contribution >= 0.6 is 0 Å². The predicted octanol–water partition coefficient (Wildman–Crippen LogP) is 2.47. The van der Waals surface area contributed by atoms with E-state index < -0.39 is 0 Å². The van der Waals surface area contributed by atoms with Crippen molar-refractivity contribution in [2.75, 3.05) is 6.54 Å². The summed E-state index contributed by atoms with van der Waals surface area (Å²) in [6.07, 6.45) is 1.12. The van der Waals surface area contributed by atoms with Crippen molar-refractivity contribution in [3.63, 3.8) is 0 Å². The highest BCUT2D eigenvalue weighted by Crippen LogP contribution is 2.34. The molecule has 76 valence electrons. The molecule has 1 aromatic carbocycles. The molecule has 0 aromatic heterocycles. The third-order valence-corrected chi connectivity index (χ3v) is 3.55. The van der Waals surface area contributed by atoms with Crippen molar-refractivity contribution in [1.29, 1.82) is 0 Å². The third kappa shape index (κ3) is 1.44. The van der Waals surface area contributed by atoms with Crippen LogP contribution in [0.25, 0.3) is 0 Å². The minimum absolute atomic E-state index is 0.157. The van der Waals surface area contributed by atoms with Gasteiger partial charge in [0, 0.05) is 11.5 Å². The third-order valence-electron chi connectivity index (χ3n) is 3.55. The van der Waals surface area contributed by atoms with E-state index in [0.29, 0.717) is 6.04 Å². The maximum Gasteiger partial charge on any atom is 0.123 e. The molecule has 0 saturated carbocycles. The Morgan fingerprint density at radius 1 is 1.36 bits per heavy atom. The van der Waals surface area contributed by atoms with E-state index in [4.69, 9.17) is 0 Å². The normalized spacial score (nSPS) is 32.1. The Kier molecular flexibility index (Phi) is 2.31. The van der Waals surface area contributed by atoms with Crippen LogP contribution in [0.2, 0.25) is 0 Å². The highest BCUT2D eigenvalue weighted by Gasteiger charge is 2.36. The largest absolute Gasteiger partial charge is 0.313 e. The van der Waals surface area contributed by atoms with Crippen molar-refractivity contribution in [1.82, 2.24) is 5.32 Å². The fourth-order valence-corrected chi connectivity index (χ4v) is 2.22. The summed E-state index contributed by atoms with van der Waals surface area (Å²) in [7, 11) is 0. The van der Waals surface area contributed by atoms with E-state index in [1.165, 1.54) is 5.56 Å². The molecule has 1 fully saturated rings. The molecule has 1 aliphatic heterocycles. The summed E-state index contributed by atoms with van der Waals surface area (Å²) >= 11 is 0. The summed E-state index contributed by atoms with van der Waals surface area (Å²) in [5.41, 5.74) is 1.39. The molecule has 2 heteroatoms. The number of nitrogens with one attached hydrogen (secondary N) is 1. The Balaban J connectivity index is 2.34. The van der Waals surface area contributed by atoms with Crippen molar-refractivity contribution >= 4 is 0 Å². The maximum absolute atomic E-state index is 12.8. The minimum atomic E-state index is -0.157. The number of hydrogen-bond acceptors (Lipinski definition) is 1. The van der Waals surface area contributed by atoms with Gasteiger partial charge < -0.3 is 5.32 Å². The van der Waals surface area contributed by atoms with Gasteiger partial charge in [-0.25, -0.2) is 4.39 Å². The molecule has 0 aliphatic carbocycles. The topological polar surface area (TPSA) is 12.0 Å². The van der Waals surface area contributed by atoms with Crippen molar-refractivity contribution in [3.05, 3.63) is 35.6 Å². The van der Waals surface area contributed by atoms with Gasteiger partial charge in [-0.3, -0.25) is 0 Å². The molecule has 0 bridgehead atoms. The van der Waals surface area contributed by atoms with E-state index in [1.807, 2.05) is 12.1 Å². The Bertz CT molecular complexity index is 320. The van der Waals surface area contributed by atoms with Crippen LogP contribution in [0.3, 0.4) is 0 Å². The van der Waals surface area contributed by atoms with Gasteiger partial charge in [-0.1, -0.05) is 19.1 Å². The SMILES string of the molecule is CC1NCCC1(C)c1ccc(F)cc1. The van der Waals surface area contributed by atoms with E-state index in [2.05, 4.69) is 19.2 Å². The summed E-state index contributed by atoms with van der Waals surface area (Å²) in [6.45, 7) is 5.48. The molecule has 0 amide bonds. The first kappa shape index (κ1) is 9.66. The summed E-state index contributed by atoms with van der Waals surface area (Å²) < 4.78 is 12.8. The molecule has 1 saturated heterocycles. The lowest BCUT2D eigenvalue weighted by Gasteiger charge is -2.29. The molecule has 0 spiro atoms. The molecular weight excluding hydrogens is 177 g/mol. The van der Waals surface area contributed by atoms with E-state index in [0.717, 1.165) is 13.0 Å². The molecular formula is C12H16FN. The first-order valence-electron chi connectivity index (χ1n) is 5.12. The predicted molar refractivity (Wildman–Crippen MR) is 55.8 cm³/mol. The average Bonchev–Trinajstić information content (AvgIpc) is 2.49. The van der Waals surface area contributed by atoms with Crippen molar-refractivity contribution in [3.8, 4) is 0 Å². The van der Waals surface area contributed by atoms with E-state index >= 15 is 0 Å². The summed E-state index contributed by atoms with van der Waals surface area (Å²) in [6, 6.07) is 7.36. The Morgan fingerprint density at radius 2 is 2.00 bits per heavy atom. The average molecular weight is 193 g/mol. The van der Waals surface area contributed by atoms with Gasteiger partial charge in [0.2, 0.25) is 0 Å². The highest BCUT2D eigenvalue weighted by molar-refractivity contribution is 5.28. The molecule has 1 heterocycles. The minimum Gasteiger partial charge on any atom is -0.313 e. The first-order valence-corrected chi connectivity index (χ1v) is 5.12. The molecule has 1 N–H and O–H groups in total. The zero-order valence-electron chi connectivity index (χ0n) is 8.68. The fourth-order valence-electron chi connectivity index (χ4n) is 2.22. The second kappa shape index (κ2) is 3.35. The van der Waals surface area contributed by atoms with E-state index in [-0.39, 0.29) is 11.2 Å².